The van der Waals surface area contributed by atoms with Gasteiger partial charge in [-0.25, -0.2) is 0 Å². The third-order valence-corrected chi connectivity index (χ3v) is 3.11. The van der Waals surface area contributed by atoms with Crippen LogP contribution in [0.3, 0.4) is 0 Å². The molecule has 1 amide bonds. The lowest BCUT2D eigenvalue weighted by Gasteiger charge is -2.26. The number of nitrogens with zero attached hydrogens (tertiary/aromatic N) is 1. The Morgan fingerprint density at radius 3 is 2.56 bits per heavy atom. The first-order chi connectivity index (χ1) is 8.78. The summed E-state index contributed by atoms with van der Waals surface area (Å²) in [6, 6.07) is 7.86. The zero-order valence-corrected chi connectivity index (χ0v) is 10.9. The fourth-order valence-electron chi connectivity index (χ4n) is 1.91. The van der Waals surface area contributed by atoms with Gasteiger partial charge in [-0.1, -0.05) is 12.1 Å². The first kappa shape index (κ1) is 13.3. The number of carbonyl (C=O) groups excluding carboxylic acids is 1. The number of amides is 1. The molecule has 1 aliphatic rings. The maximum Gasteiger partial charge on any atom is 0.239 e. The van der Waals surface area contributed by atoms with E-state index in [1.165, 1.54) is 5.56 Å². The largest absolute Gasteiger partial charge is 0.379 e. The van der Waals surface area contributed by atoms with Crippen molar-refractivity contribution in [1.82, 2.24) is 4.90 Å². The number of morpholine rings is 1. The van der Waals surface area contributed by atoms with E-state index < -0.39 is 0 Å². The summed E-state index contributed by atoms with van der Waals surface area (Å²) in [4.78, 5) is 13.5. The van der Waals surface area contributed by atoms with Gasteiger partial charge in [0.05, 0.1) is 13.2 Å². The highest BCUT2D eigenvalue weighted by atomic mass is 35.5. The van der Waals surface area contributed by atoms with E-state index in [0.717, 1.165) is 38.5 Å². The normalized spacial score (nSPS) is 16.5. The molecule has 4 nitrogen and oxygen atoms in total. The molecule has 2 rings (SSSR count). The van der Waals surface area contributed by atoms with Crippen LogP contribution in [-0.4, -0.2) is 43.0 Å². The lowest BCUT2D eigenvalue weighted by molar-refractivity contribution is -0.113. The van der Waals surface area contributed by atoms with Crippen LogP contribution in [0.15, 0.2) is 24.3 Å². The smallest absolute Gasteiger partial charge is 0.239 e. The van der Waals surface area contributed by atoms with Gasteiger partial charge in [-0.3, -0.25) is 9.69 Å². The summed E-state index contributed by atoms with van der Waals surface area (Å²) in [5.41, 5.74) is 2.02. The monoisotopic (exact) mass is 268 g/mol. The Morgan fingerprint density at radius 1 is 1.28 bits per heavy atom. The molecule has 1 aromatic carbocycles. The average Bonchev–Trinajstić information content (AvgIpc) is 2.42. The number of ether oxygens (including phenoxy) is 1. The van der Waals surface area contributed by atoms with E-state index in [9.17, 15) is 4.79 Å². The molecule has 0 atom stereocenters. The fraction of sp³-hybridized carbons (Fsp3) is 0.462. The van der Waals surface area contributed by atoms with Gasteiger partial charge in [-0.2, -0.15) is 0 Å². The van der Waals surface area contributed by atoms with Crippen molar-refractivity contribution in [2.75, 3.05) is 37.5 Å². The maximum absolute atomic E-state index is 11.1. The zero-order chi connectivity index (χ0) is 12.8. The van der Waals surface area contributed by atoms with Gasteiger partial charge in [-0.15, -0.1) is 11.6 Å². The van der Waals surface area contributed by atoms with E-state index in [1.54, 1.807) is 0 Å². The Kier molecular flexibility index (Phi) is 4.99. The number of alkyl halides is 1. The minimum absolute atomic E-state index is 0.0183. The Balaban J connectivity index is 1.88. The molecule has 1 heterocycles. The van der Waals surface area contributed by atoms with Crippen LogP contribution in [-0.2, 0) is 16.1 Å². The summed E-state index contributed by atoms with van der Waals surface area (Å²) in [6.07, 6.45) is 0. The van der Waals surface area contributed by atoms with E-state index >= 15 is 0 Å². The molecule has 1 saturated heterocycles. The summed E-state index contributed by atoms with van der Waals surface area (Å²) in [5.74, 6) is -0.201. The van der Waals surface area contributed by atoms with Crippen molar-refractivity contribution in [3.63, 3.8) is 0 Å². The summed E-state index contributed by atoms with van der Waals surface area (Å²) >= 11 is 5.43. The lowest BCUT2D eigenvalue weighted by Crippen LogP contribution is -2.35. The molecular formula is C13H17ClN2O2. The summed E-state index contributed by atoms with van der Waals surface area (Å²) in [5, 5.41) is 2.72. The molecule has 1 N–H and O–H groups in total. The second-order valence-corrected chi connectivity index (χ2v) is 4.53. The molecule has 5 heteroatoms. The molecule has 0 spiro atoms. The molecule has 1 fully saturated rings. The van der Waals surface area contributed by atoms with Gasteiger partial charge in [0.15, 0.2) is 0 Å². The van der Waals surface area contributed by atoms with Gasteiger partial charge >= 0.3 is 0 Å². The van der Waals surface area contributed by atoms with Crippen LogP contribution in [0.1, 0.15) is 5.56 Å². The molecule has 0 radical (unpaired) electrons. The molecule has 0 aliphatic carbocycles. The number of benzene rings is 1. The summed E-state index contributed by atoms with van der Waals surface area (Å²) in [6.45, 7) is 4.50. The third kappa shape index (κ3) is 3.98. The highest BCUT2D eigenvalue weighted by Crippen LogP contribution is 2.12. The van der Waals surface area contributed by atoms with Gasteiger partial charge in [-0.05, 0) is 17.7 Å². The molecule has 98 valence electrons. The van der Waals surface area contributed by atoms with Gasteiger partial charge < -0.3 is 10.1 Å². The van der Waals surface area contributed by atoms with Crippen molar-refractivity contribution >= 4 is 23.2 Å². The van der Waals surface area contributed by atoms with Crippen LogP contribution in [0.2, 0.25) is 0 Å². The van der Waals surface area contributed by atoms with E-state index in [0.29, 0.717) is 0 Å². The maximum atomic E-state index is 11.1. The molecule has 1 aliphatic heterocycles. The Hall–Kier alpha value is -1.10. The Morgan fingerprint density at radius 2 is 1.94 bits per heavy atom. The van der Waals surface area contributed by atoms with Crippen LogP contribution < -0.4 is 5.32 Å². The highest BCUT2D eigenvalue weighted by molar-refractivity contribution is 6.29. The van der Waals surface area contributed by atoms with Crippen molar-refractivity contribution < 1.29 is 9.53 Å². The van der Waals surface area contributed by atoms with Gasteiger partial charge in [0.2, 0.25) is 5.91 Å². The second-order valence-electron chi connectivity index (χ2n) is 4.27. The number of halogens is 1. The molecule has 0 bridgehead atoms. The number of carbonyl (C=O) groups is 1. The molecule has 1 aromatic rings. The van der Waals surface area contributed by atoms with Crippen LogP contribution in [0, 0.1) is 0 Å². The number of anilines is 1. The van der Waals surface area contributed by atoms with Crippen LogP contribution in [0.5, 0.6) is 0 Å². The predicted molar refractivity (Wildman–Crippen MR) is 71.9 cm³/mol. The minimum atomic E-state index is -0.183. The van der Waals surface area contributed by atoms with Gasteiger partial charge in [0, 0.05) is 25.3 Å². The van der Waals surface area contributed by atoms with Crippen molar-refractivity contribution in [2.45, 2.75) is 6.54 Å². The van der Waals surface area contributed by atoms with E-state index in [4.69, 9.17) is 16.3 Å². The predicted octanol–water partition coefficient (Wildman–Crippen LogP) is 1.70. The summed E-state index contributed by atoms with van der Waals surface area (Å²) < 4.78 is 5.31. The number of hydrogen-bond donors (Lipinski definition) is 1. The van der Waals surface area contributed by atoms with Gasteiger partial charge in [0.1, 0.15) is 5.88 Å². The quantitative estimate of drug-likeness (QED) is 0.845. The van der Waals surface area contributed by atoms with E-state index in [1.807, 2.05) is 24.3 Å². The fourth-order valence-corrected chi connectivity index (χ4v) is 1.97. The average molecular weight is 269 g/mol. The molecule has 0 saturated carbocycles. The Labute approximate surface area is 112 Å². The standard InChI is InChI=1S/C13H17ClN2O2/c14-9-13(17)15-12-3-1-11(2-4-12)10-16-5-7-18-8-6-16/h1-4H,5-10H2,(H,15,17). The number of nitrogens with one attached hydrogen (secondary N) is 1. The van der Waals surface area contributed by atoms with Crippen molar-refractivity contribution in [2.24, 2.45) is 0 Å². The van der Waals surface area contributed by atoms with Gasteiger partial charge in [0.25, 0.3) is 0 Å². The van der Waals surface area contributed by atoms with Crippen molar-refractivity contribution in [1.29, 1.82) is 0 Å². The van der Waals surface area contributed by atoms with Crippen molar-refractivity contribution in [3.05, 3.63) is 29.8 Å². The van der Waals surface area contributed by atoms with Crippen LogP contribution in [0.4, 0.5) is 5.69 Å². The first-order valence-corrected chi connectivity index (χ1v) is 6.56. The molecular weight excluding hydrogens is 252 g/mol. The van der Waals surface area contributed by atoms with E-state index in [-0.39, 0.29) is 11.8 Å². The zero-order valence-electron chi connectivity index (χ0n) is 10.2. The van der Waals surface area contributed by atoms with Crippen LogP contribution >= 0.6 is 11.6 Å². The lowest BCUT2D eigenvalue weighted by atomic mass is 10.2. The minimum Gasteiger partial charge on any atom is -0.379 e. The second kappa shape index (κ2) is 6.73. The van der Waals surface area contributed by atoms with Crippen LogP contribution in [0.25, 0.3) is 0 Å². The third-order valence-electron chi connectivity index (χ3n) is 2.87. The number of rotatable bonds is 4. The Bertz CT molecular complexity index is 388. The molecule has 0 unspecified atom stereocenters. The number of hydrogen-bond acceptors (Lipinski definition) is 3. The first-order valence-electron chi connectivity index (χ1n) is 6.03. The summed E-state index contributed by atoms with van der Waals surface area (Å²) in [7, 11) is 0. The molecule has 18 heavy (non-hydrogen) atoms. The molecule has 0 aromatic heterocycles. The van der Waals surface area contributed by atoms with Crippen molar-refractivity contribution in [3.8, 4) is 0 Å². The SMILES string of the molecule is O=C(CCl)Nc1ccc(CN2CCOCC2)cc1. The highest BCUT2D eigenvalue weighted by Gasteiger charge is 2.10. The topological polar surface area (TPSA) is 41.6 Å². The van der Waals surface area contributed by atoms with E-state index in [2.05, 4.69) is 10.2 Å².